The molecule has 0 aromatic heterocycles. The van der Waals surface area contributed by atoms with E-state index in [1.54, 1.807) is 0 Å². The van der Waals surface area contributed by atoms with E-state index in [1.165, 1.54) is 0 Å². The number of ether oxygens (including phenoxy) is 4. The molecule has 3 aliphatic rings. The molecule has 34 heavy (non-hydrogen) atoms. The molecule has 0 amide bonds. The predicted octanol–water partition coefficient (Wildman–Crippen LogP) is 6.31. The molecule has 5 nitrogen and oxygen atoms in total. The number of aliphatic imine (C=N–C) groups is 1. The van der Waals surface area contributed by atoms with Crippen LogP contribution in [0.4, 0.5) is 5.69 Å². The average molecular weight is 447 g/mol. The molecule has 1 unspecified atom stereocenters. The minimum atomic E-state index is -0.462. The Morgan fingerprint density at radius 1 is 0.706 bits per heavy atom. The number of hydrogen-bond donors (Lipinski definition) is 0. The fourth-order valence-electron chi connectivity index (χ4n) is 5.05. The van der Waals surface area contributed by atoms with E-state index in [1.807, 2.05) is 54.7 Å². The van der Waals surface area contributed by atoms with Gasteiger partial charge in [-0.15, -0.1) is 0 Å². The second-order valence-corrected chi connectivity index (χ2v) is 8.65. The molecule has 0 aliphatic carbocycles. The van der Waals surface area contributed by atoms with Crippen molar-refractivity contribution in [2.75, 3.05) is 19.8 Å². The van der Waals surface area contributed by atoms with Crippen LogP contribution in [0.1, 0.15) is 11.1 Å². The fourth-order valence-corrected chi connectivity index (χ4v) is 5.05. The van der Waals surface area contributed by atoms with Crippen molar-refractivity contribution in [3.8, 4) is 39.9 Å². The van der Waals surface area contributed by atoms with Crippen LogP contribution in [0.3, 0.4) is 0 Å². The molecule has 1 atom stereocenters. The molecular formula is C29H21NO4. The molecule has 0 N–H and O–H groups in total. The molecule has 4 aromatic carbocycles. The van der Waals surface area contributed by atoms with Crippen molar-refractivity contribution in [2.45, 2.75) is 5.41 Å². The normalized spacial score (nSPS) is 18.9. The molecule has 3 aliphatic heterocycles. The van der Waals surface area contributed by atoms with Gasteiger partial charge in [-0.3, -0.25) is 4.99 Å². The van der Waals surface area contributed by atoms with Crippen LogP contribution in [0.15, 0.2) is 89.9 Å². The van der Waals surface area contributed by atoms with Gasteiger partial charge in [-0.05, 0) is 47.5 Å². The third-order valence-corrected chi connectivity index (χ3v) is 6.64. The highest BCUT2D eigenvalue weighted by molar-refractivity contribution is 5.96. The molecule has 0 saturated carbocycles. The van der Waals surface area contributed by atoms with Crippen LogP contribution in [0.25, 0.3) is 11.1 Å². The molecule has 0 radical (unpaired) electrons. The van der Waals surface area contributed by atoms with Crippen LogP contribution in [0.2, 0.25) is 0 Å². The number of para-hydroxylation sites is 1. The quantitative estimate of drug-likeness (QED) is 0.369. The van der Waals surface area contributed by atoms with E-state index >= 15 is 0 Å². The summed E-state index contributed by atoms with van der Waals surface area (Å²) in [5.41, 5.74) is 4.96. The lowest BCUT2D eigenvalue weighted by Crippen LogP contribution is -2.29. The van der Waals surface area contributed by atoms with E-state index in [4.69, 9.17) is 23.9 Å². The van der Waals surface area contributed by atoms with Crippen LogP contribution >= 0.6 is 0 Å². The van der Waals surface area contributed by atoms with Crippen molar-refractivity contribution in [3.63, 3.8) is 0 Å². The third kappa shape index (κ3) is 2.90. The lowest BCUT2D eigenvalue weighted by atomic mass is 9.75. The van der Waals surface area contributed by atoms with Crippen LogP contribution in [0.5, 0.6) is 28.7 Å². The highest BCUT2D eigenvalue weighted by atomic mass is 16.6. The van der Waals surface area contributed by atoms with Gasteiger partial charge in [0.15, 0.2) is 11.5 Å². The zero-order valence-corrected chi connectivity index (χ0v) is 18.4. The Labute approximate surface area is 197 Å². The number of hydrogen-bond acceptors (Lipinski definition) is 5. The van der Waals surface area contributed by atoms with Crippen LogP contribution in [0, 0.1) is 0 Å². The monoisotopic (exact) mass is 447 g/mol. The summed E-state index contributed by atoms with van der Waals surface area (Å²) < 4.78 is 23.8. The van der Waals surface area contributed by atoms with E-state index < -0.39 is 5.41 Å². The Morgan fingerprint density at radius 3 is 2.29 bits per heavy atom. The lowest BCUT2D eigenvalue weighted by molar-refractivity contribution is 0.171. The highest BCUT2D eigenvalue weighted by Gasteiger charge is 2.47. The van der Waals surface area contributed by atoms with Gasteiger partial charge >= 0.3 is 0 Å². The van der Waals surface area contributed by atoms with E-state index in [0.717, 1.165) is 56.7 Å². The standard InChI is InChI=1S/C29H21NO4/c1-2-5-20(6-3-1)34-21-11-9-19(10-12-21)22-7-4-8-24-28(22)29(17-30-24)18-33-25-16-27-26(15-23(25)29)31-13-14-32-27/h1-12,15-17H,13-14,18H2. The lowest BCUT2D eigenvalue weighted by Gasteiger charge is -2.25. The van der Waals surface area contributed by atoms with E-state index in [9.17, 15) is 0 Å². The predicted molar refractivity (Wildman–Crippen MR) is 130 cm³/mol. The van der Waals surface area contributed by atoms with Gasteiger partial charge in [0.1, 0.15) is 37.1 Å². The van der Waals surface area contributed by atoms with Crippen molar-refractivity contribution in [2.24, 2.45) is 4.99 Å². The zero-order valence-electron chi connectivity index (χ0n) is 18.4. The Balaban J connectivity index is 1.30. The Bertz CT molecular complexity index is 1430. The topological polar surface area (TPSA) is 49.3 Å². The largest absolute Gasteiger partial charge is 0.491 e. The molecule has 0 bridgehead atoms. The van der Waals surface area contributed by atoms with E-state index in [2.05, 4.69) is 36.4 Å². The van der Waals surface area contributed by atoms with Gasteiger partial charge in [-0.25, -0.2) is 0 Å². The maximum absolute atomic E-state index is 6.19. The molecule has 7 rings (SSSR count). The molecule has 5 heteroatoms. The second kappa shape index (κ2) is 7.39. The molecule has 4 aromatic rings. The SMILES string of the molecule is C1=Nc2cccc(-c3ccc(Oc4ccccc4)cc3)c2C12COc1cc3c(cc12)OCCO3. The summed E-state index contributed by atoms with van der Waals surface area (Å²) in [5, 5.41) is 0. The Kier molecular flexibility index (Phi) is 4.18. The highest BCUT2D eigenvalue weighted by Crippen LogP contribution is 2.54. The van der Waals surface area contributed by atoms with Crippen molar-refractivity contribution in [1.29, 1.82) is 0 Å². The summed E-state index contributed by atoms with van der Waals surface area (Å²) in [6.45, 7) is 1.59. The number of benzene rings is 4. The van der Waals surface area contributed by atoms with Gasteiger partial charge in [0.05, 0.1) is 11.1 Å². The summed E-state index contributed by atoms with van der Waals surface area (Å²) in [7, 11) is 0. The van der Waals surface area contributed by atoms with Crippen LogP contribution in [-0.4, -0.2) is 26.0 Å². The third-order valence-electron chi connectivity index (χ3n) is 6.64. The number of fused-ring (bicyclic) bond motifs is 5. The molecule has 0 saturated heterocycles. The maximum Gasteiger partial charge on any atom is 0.165 e. The first kappa shape index (κ1) is 19.2. The average Bonchev–Trinajstić information content (AvgIpc) is 3.45. The van der Waals surface area contributed by atoms with E-state index in [-0.39, 0.29) is 0 Å². The van der Waals surface area contributed by atoms with Gasteiger partial charge in [-0.2, -0.15) is 0 Å². The Morgan fingerprint density at radius 2 is 1.47 bits per heavy atom. The summed E-state index contributed by atoms with van der Waals surface area (Å²) in [6.07, 6.45) is 2.02. The molecule has 0 fully saturated rings. The number of rotatable bonds is 3. The first-order valence-electron chi connectivity index (χ1n) is 11.4. The van der Waals surface area contributed by atoms with E-state index in [0.29, 0.717) is 19.8 Å². The van der Waals surface area contributed by atoms with Gasteiger partial charge in [0.25, 0.3) is 0 Å². The van der Waals surface area contributed by atoms with Gasteiger partial charge in [-0.1, -0.05) is 42.5 Å². The smallest absolute Gasteiger partial charge is 0.165 e. The first-order chi connectivity index (χ1) is 16.8. The van der Waals surface area contributed by atoms with Crippen molar-refractivity contribution < 1.29 is 18.9 Å². The molecular weight excluding hydrogens is 426 g/mol. The molecule has 166 valence electrons. The molecule has 3 heterocycles. The second-order valence-electron chi connectivity index (χ2n) is 8.65. The minimum absolute atomic E-state index is 0.462. The molecule has 1 spiro atoms. The summed E-state index contributed by atoms with van der Waals surface area (Å²) in [4.78, 5) is 4.80. The van der Waals surface area contributed by atoms with Gasteiger partial charge in [0.2, 0.25) is 0 Å². The van der Waals surface area contributed by atoms with Crippen molar-refractivity contribution >= 4 is 11.9 Å². The van der Waals surface area contributed by atoms with Gasteiger partial charge in [0, 0.05) is 23.4 Å². The fraction of sp³-hybridized carbons (Fsp3) is 0.138. The summed E-state index contributed by atoms with van der Waals surface area (Å²) in [6, 6.07) is 28.3. The van der Waals surface area contributed by atoms with Crippen molar-refractivity contribution in [3.05, 3.63) is 96.1 Å². The van der Waals surface area contributed by atoms with Crippen LogP contribution in [-0.2, 0) is 5.41 Å². The first-order valence-corrected chi connectivity index (χ1v) is 11.4. The summed E-state index contributed by atoms with van der Waals surface area (Å²) >= 11 is 0. The maximum atomic E-state index is 6.19. The van der Waals surface area contributed by atoms with Crippen LogP contribution < -0.4 is 18.9 Å². The summed E-state index contributed by atoms with van der Waals surface area (Å²) in [5.74, 6) is 3.94. The minimum Gasteiger partial charge on any atom is -0.491 e. The zero-order chi connectivity index (χ0) is 22.5. The van der Waals surface area contributed by atoms with Gasteiger partial charge < -0.3 is 18.9 Å². The van der Waals surface area contributed by atoms with Crippen molar-refractivity contribution in [1.82, 2.24) is 0 Å². The Hall–Kier alpha value is -4.25. The number of nitrogens with zero attached hydrogens (tertiary/aromatic N) is 1.